The van der Waals surface area contributed by atoms with Gasteiger partial charge < -0.3 is 14.4 Å². The normalized spacial score (nSPS) is 19.0. The van der Waals surface area contributed by atoms with Crippen LogP contribution in [0.5, 0.6) is 5.75 Å². The summed E-state index contributed by atoms with van der Waals surface area (Å²) in [6.07, 6.45) is 4.79. The second kappa shape index (κ2) is 9.57. The maximum Gasteiger partial charge on any atom is 0.343 e. The average Bonchev–Trinajstić information content (AvgIpc) is 3.61. The van der Waals surface area contributed by atoms with E-state index in [9.17, 15) is 13.2 Å². The second-order valence-electron chi connectivity index (χ2n) is 8.34. The number of esters is 1. The quantitative estimate of drug-likeness (QED) is 0.555. The third-order valence-corrected chi connectivity index (χ3v) is 7.79. The van der Waals surface area contributed by atoms with Crippen LogP contribution >= 0.6 is 0 Å². The standard InChI is InChI=1S/C25H30N2O5S/c1-4-27(5-2)14-8-10-17-9-6-7-11-22(17)33(29,30)26-21-13-12-19-20-15-18(20)16-32-24(19)23(21)25(28)31-3/h6-13,18,20,26H,4-5,14-16H2,1-3H3. The molecule has 176 valence electrons. The van der Waals surface area contributed by atoms with Crippen molar-refractivity contribution in [3.63, 3.8) is 0 Å². The maximum absolute atomic E-state index is 13.4. The van der Waals surface area contributed by atoms with Crippen LogP contribution in [0.2, 0.25) is 0 Å². The Labute approximate surface area is 195 Å². The van der Waals surface area contributed by atoms with Crippen LogP contribution < -0.4 is 9.46 Å². The van der Waals surface area contributed by atoms with Crippen LogP contribution in [0, 0.1) is 5.92 Å². The number of sulfonamides is 1. The molecule has 4 rings (SSSR count). The lowest BCUT2D eigenvalue weighted by atomic mass is 10.0. The molecule has 0 saturated heterocycles. The predicted molar refractivity (Wildman–Crippen MR) is 128 cm³/mol. The third-order valence-electron chi connectivity index (χ3n) is 6.35. The Morgan fingerprint density at radius 1 is 1.21 bits per heavy atom. The van der Waals surface area contributed by atoms with Crippen LogP contribution in [0.3, 0.4) is 0 Å². The Morgan fingerprint density at radius 2 is 1.97 bits per heavy atom. The van der Waals surface area contributed by atoms with Crippen molar-refractivity contribution in [2.45, 2.75) is 31.1 Å². The molecule has 8 heteroatoms. The fraction of sp³-hybridized carbons (Fsp3) is 0.400. The molecule has 2 unspecified atom stereocenters. The average molecular weight is 471 g/mol. The summed E-state index contributed by atoms with van der Waals surface area (Å²) in [5.41, 5.74) is 1.79. The van der Waals surface area contributed by atoms with Crippen molar-refractivity contribution < 1.29 is 22.7 Å². The van der Waals surface area contributed by atoms with E-state index in [1.807, 2.05) is 18.2 Å². The van der Waals surface area contributed by atoms with E-state index in [2.05, 4.69) is 23.5 Å². The Balaban J connectivity index is 1.66. The summed E-state index contributed by atoms with van der Waals surface area (Å²) in [5, 5.41) is 0. The van der Waals surface area contributed by atoms with E-state index in [-0.39, 0.29) is 16.1 Å². The molecule has 7 nitrogen and oxygen atoms in total. The lowest BCUT2D eigenvalue weighted by molar-refractivity contribution is 0.0596. The van der Waals surface area contributed by atoms with Gasteiger partial charge in [0, 0.05) is 12.5 Å². The van der Waals surface area contributed by atoms with Gasteiger partial charge >= 0.3 is 5.97 Å². The summed E-state index contributed by atoms with van der Waals surface area (Å²) in [5.74, 6) is 0.629. The Kier molecular flexibility index (Phi) is 6.76. The van der Waals surface area contributed by atoms with E-state index in [1.54, 1.807) is 30.3 Å². The molecule has 0 aromatic heterocycles. The molecule has 1 heterocycles. The number of nitrogens with zero attached hydrogens (tertiary/aromatic N) is 1. The van der Waals surface area contributed by atoms with Crippen molar-refractivity contribution >= 4 is 27.8 Å². The number of nitrogens with one attached hydrogen (secondary N) is 1. The van der Waals surface area contributed by atoms with Crippen LogP contribution in [0.1, 0.15) is 47.7 Å². The zero-order chi connectivity index (χ0) is 23.6. The van der Waals surface area contributed by atoms with Crippen molar-refractivity contribution in [2.24, 2.45) is 5.92 Å². The summed E-state index contributed by atoms with van der Waals surface area (Å²) in [6, 6.07) is 10.3. The topological polar surface area (TPSA) is 84.9 Å². The van der Waals surface area contributed by atoms with Crippen molar-refractivity contribution in [3.8, 4) is 5.75 Å². The van der Waals surface area contributed by atoms with Gasteiger partial charge in [-0.1, -0.05) is 50.3 Å². The van der Waals surface area contributed by atoms with Crippen molar-refractivity contribution in [2.75, 3.05) is 38.1 Å². The van der Waals surface area contributed by atoms with Gasteiger partial charge in [-0.05, 0) is 48.7 Å². The Bertz CT molecular complexity index is 1170. The highest BCUT2D eigenvalue weighted by atomic mass is 32.2. The van der Waals surface area contributed by atoms with Crippen LogP contribution in [0.15, 0.2) is 47.4 Å². The number of benzene rings is 2. The van der Waals surface area contributed by atoms with E-state index < -0.39 is 16.0 Å². The Hall–Kier alpha value is -2.84. The molecule has 2 aliphatic rings. The van der Waals surface area contributed by atoms with E-state index in [1.165, 1.54) is 7.11 Å². The highest BCUT2D eigenvalue weighted by Crippen LogP contribution is 2.55. The van der Waals surface area contributed by atoms with E-state index in [0.717, 1.165) is 31.6 Å². The highest BCUT2D eigenvalue weighted by Gasteiger charge is 2.45. The number of carbonyl (C=O) groups excluding carboxylic acids is 1. The first-order valence-electron chi connectivity index (χ1n) is 11.3. The SMILES string of the molecule is CCN(CC)CC=Cc1ccccc1S(=O)(=O)Nc1ccc2c(c1C(=O)OC)OCC1CC21. The molecular formula is C25H30N2O5S. The van der Waals surface area contributed by atoms with E-state index in [0.29, 0.717) is 29.8 Å². The number of hydrogen-bond acceptors (Lipinski definition) is 6. The van der Waals surface area contributed by atoms with Crippen molar-refractivity contribution in [1.82, 2.24) is 4.90 Å². The number of ether oxygens (including phenoxy) is 2. The largest absolute Gasteiger partial charge is 0.492 e. The fourth-order valence-corrected chi connectivity index (χ4v) is 5.59. The number of fused-ring (bicyclic) bond motifs is 3. The number of methoxy groups -OCH3 is 1. The molecule has 2 atom stereocenters. The minimum Gasteiger partial charge on any atom is -0.492 e. The van der Waals surface area contributed by atoms with Crippen LogP contribution in [-0.2, 0) is 14.8 Å². The summed E-state index contributed by atoms with van der Waals surface area (Å²) in [7, 11) is -2.70. The number of hydrogen-bond donors (Lipinski definition) is 1. The molecule has 1 aliphatic heterocycles. The van der Waals surface area contributed by atoms with Crippen molar-refractivity contribution in [1.29, 1.82) is 0 Å². The molecule has 1 aliphatic carbocycles. The molecule has 0 radical (unpaired) electrons. The first kappa shape index (κ1) is 23.3. The van der Waals surface area contributed by atoms with Crippen LogP contribution in [0.4, 0.5) is 5.69 Å². The molecule has 2 aromatic carbocycles. The molecule has 33 heavy (non-hydrogen) atoms. The first-order chi connectivity index (χ1) is 15.9. The molecular weight excluding hydrogens is 440 g/mol. The minimum absolute atomic E-state index is 0.124. The maximum atomic E-state index is 13.4. The van der Waals surface area contributed by atoms with Gasteiger partial charge in [0.15, 0.2) is 0 Å². The summed E-state index contributed by atoms with van der Waals surface area (Å²) < 4.78 is 40.2. The summed E-state index contributed by atoms with van der Waals surface area (Å²) >= 11 is 0. The number of anilines is 1. The van der Waals surface area contributed by atoms with Gasteiger partial charge in [-0.3, -0.25) is 4.72 Å². The van der Waals surface area contributed by atoms with E-state index >= 15 is 0 Å². The fourth-order valence-electron chi connectivity index (χ4n) is 4.31. The summed E-state index contributed by atoms with van der Waals surface area (Å²) in [4.78, 5) is 15.0. The lowest BCUT2D eigenvalue weighted by Crippen LogP contribution is -2.22. The molecule has 0 bridgehead atoms. The van der Waals surface area contributed by atoms with E-state index in [4.69, 9.17) is 9.47 Å². The predicted octanol–water partition coefficient (Wildman–Crippen LogP) is 4.12. The van der Waals surface area contributed by atoms with Crippen LogP contribution in [0.25, 0.3) is 6.08 Å². The van der Waals surface area contributed by atoms with Gasteiger partial charge in [-0.2, -0.15) is 0 Å². The summed E-state index contributed by atoms with van der Waals surface area (Å²) in [6.45, 7) is 7.26. The molecule has 0 amide bonds. The number of rotatable bonds is 9. The second-order valence-corrected chi connectivity index (χ2v) is 9.99. The monoisotopic (exact) mass is 470 g/mol. The molecule has 1 saturated carbocycles. The third kappa shape index (κ3) is 4.77. The van der Waals surface area contributed by atoms with Gasteiger partial charge in [0.05, 0.1) is 24.3 Å². The zero-order valence-electron chi connectivity index (χ0n) is 19.2. The number of carbonyl (C=O) groups is 1. The lowest BCUT2D eigenvalue weighted by Gasteiger charge is -2.22. The van der Waals surface area contributed by atoms with Gasteiger partial charge in [0.1, 0.15) is 11.3 Å². The molecule has 1 fully saturated rings. The highest BCUT2D eigenvalue weighted by molar-refractivity contribution is 7.92. The molecule has 0 spiro atoms. The van der Waals surface area contributed by atoms with Crippen LogP contribution in [-0.4, -0.2) is 52.6 Å². The van der Waals surface area contributed by atoms with Gasteiger partial charge in [-0.15, -0.1) is 0 Å². The van der Waals surface area contributed by atoms with Crippen molar-refractivity contribution in [3.05, 3.63) is 59.2 Å². The Morgan fingerprint density at radius 3 is 2.70 bits per heavy atom. The first-order valence-corrected chi connectivity index (χ1v) is 12.8. The molecule has 2 aromatic rings. The smallest absolute Gasteiger partial charge is 0.343 e. The zero-order valence-corrected chi connectivity index (χ0v) is 20.0. The van der Waals surface area contributed by atoms with Gasteiger partial charge in [0.25, 0.3) is 10.0 Å². The van der Waals surface area contributed by atoms with Gasteiger partial charge in [-0.25, -0.2) is 13.2 Å². The number of likely N-dealkylation sites (N-methyl/N-ethyl adjacent to an activating group) is 1. The molecule has 1 N–H and O–H groups in total. The van der Waals surface area contributed by atoms with Gasteiger partial charge in [0.2, 0.25) is 0 Å². The minimum atomic E-state index is -3.98.